The van der Waals surface area contributed by atoms with Crippen molar-refractivity contribution in [2.45, 2.75) is 101 Å². The molecule has 1 rings (SSSR count). The summed E-state index contributed by atoms with van der Waals surface area (Å²) < 4.78 is 0. The molecule has 1 aliphatic carbocycles. The molecule has 222 valence electrons. The summed E-state index contributed by atoms with van der Waals surface area (Å²) in [7, 11) is 0. The van der Waals surface area contributed by atoms with Crippen LogP contribution in [0.15, 0.2) is 142 Å². The van der Waals surface area contributed by atoms with E-state index in [4.69, 9.17) is 0 Å². The molecule has 0 aromatic rings. The Morgan fingerprint density at radius 1 is 0.707 bits per heavy atom. The van der Waals surface area contributed by atoms with Crippen molar-refractivity contribution in [3.8, 4) is 0 Å². The van der Waals surface area contributed by atoms with E-state index in [0.717, 1.165) is 25.7 Å². The zero-order valence-corrected chi connectivity index (χ0v) is 27.6. The van der Waals surface area contributed by atoms with Gasteiger partial charge in [0.2, 0.25) is 0 Å². The van der Waals surface area contributed by atoms with Crippen LogP contribution in [0, 0.1) is 5.41 Å². The highest BCUT2D eigenvalue weighted by atomic mass is 16.3. The lowest BCUT2D eigenvalue weighted by molar-refractivity contribution is 0.116. The summed E-state index contributed by atoms with van der Waals surface area (Å²) in [4.78, 5) is 0. The van der Waals surface area contributed by atoms with Gasteiger partial charge in [-0.25, -0.2) is 0 Å². The maximum atomic E-state index is 10.1. The van der Waals surface area contributed by atoms with Crippen molar-refractivity contribution in [3.63, 3.8) is 0 Å². The number of hydrogen-bond acceptors (Lipinski definition) is 1. The van der Waals surface area contributed by atoms with Crippen LogP contribution in [0.25, 0.3) is 0 Å². The number of hydrogen-bond donors (Lipinski definition) is 1. The van der Waals surface area contributed by atoms with Crippen LogP contribution in [-0.2, 0) is 0 Å². The van der Waals surface area contributed by atoms with E-state index in [2.05, 4.69) is 166 Å². The number of aliphatic hydroxyl groups is 1. The Balaban J connectivity index is 2.60. The first-order valence-corrected chi connectivity index (χ1v) is 15.1. The van der Waals surface area contributed by atoms with Crippen molar-refractivity contribution < 1.29 is 5.11 Å². The maximum Gasteiger partial charge on any atom is 0.0585 e. The van der Waals surface area contributed by atoms with Gasteiger partial charge in [0, 0.05) is 0 Å². The van der Waals surface area contributed by atoms with Crippen molar-refractivity contribution in [2.24, 2.45) is 5.41 Å². The van der Waals surface area contributed by atoms with Gasteiger partial charge in [0.1, 0.15) is 0 Å². The van der Waals surface area contributed by atoms with Gasteiger partial charge < -0.3 is 5.11 Å². The number of rotatable bonds is 13. The Labute approximate surface area is 252 Å². The van der Waals surface area contributed by atoms with E-state index in [1.165, 1.54) is 44.6 Å². The molecule has 0 saturated heterocycles. The van der Waals surface area contributed by atoms with E-state index in [1.54, 1.807) is 0 Å². The molecule has 0 aromatic heterocycles. The molecular weight excluding hydrogens is 496 g/mol. The van der Waals surface area contributed by atoms with E-state index in [1.807, 2.05) is 0 Å². The van der Waals surface area contributed by atoms with Gasteiger partial charge in [0.05, 0.1) is 6.10 Å². The van der Waals surface area contributed by atoms with Crippen molar-refractivity contribution in [2.75, 3.05) is 0 Å². The maximum absolute atomic E-state index is 10.1. The first-order valence-electron chi connectivity index (χ1n) is 15.1. The average Bonchev–Trinajstić information content (AvgIpc) is 2.85. The quantitative estimate of drug-likeness (QED) is 0.178. The van der Waals surface area contributed by atoms with Gasteiger partial charge in [0.15, 0.2) is 0 Å². The van der Waals surface area contributed by atoms with E-state index in [0.29, 0.717) is 0 Å². The van der Waals surface area contributed by atoms with Crippen LogP contribution in [0.1, 0.15) is 94.9 Å². The third kappa shape index (κ3) is 16.6. The predicted octanol–water partition coefficient (Wildman–Crippen LogP) is 11.7. The van der Waals surface area contributed by atoms with Gasteiger partial charge in [-0.2, -0.15) is 0 Å². The van der Waals surface area contributed by atoms with E-state index < -0.39 is 0 Å². The summed E-state index contributed by atoms with van der Waals surface area (Å²) in [5.74, 6) is 0. The van der Waals surface area contributed by atoms with Crippen LogP contribution >= 0.6 is 0 Å². The second-order valence-electron chi connectivity index (χ2n) is 12.4. The molecule has 0 aromatic carbocycles. The van der Waals surface area contributed by atoms with Crippen LogP contribution < -0.4 is 0 Å². The smallest absolute Gasteiger partial charge is 0.0585 e. The molecule has 0 fully saturated rings. The Morgan fingerprint density at radius 2 is 1.17 bits per heavy atom. The summed E-state index contributed by atoms with van der Waals surface area (Å²) in [6.45, 7) is 21.6. The molecule has 0 aliphatic heterocycles. The summed E-state index contributed by atoms with van der Waals surface area (Å²) in [6, 6.07) is 0. The van der Waals surface area contributed by atoms with Crippen LogP contribution in [-0.4, -0.2) is 11.2 Å². The summed E-state index contributed by atoms with van der Waals surface area (Å²) in [6.07, 6.45) is 38.0. The molecule has 41 heavy (non-hydrogen) atoms. The largest absolute Gasteiger partial charge is 0.393 e. The molecule has 1 aliphatic rings. The van der Waals surface area contributed by atoms with Gasteiger partial charge in [-0.1, -0.05) is 150 Å². The minimum atomic E-state index is -0.222. The van der Waals surface area contributed by atoms with Crippen LogP contribution in [0.5, 0.6) is 0 Å². The van der Waals surface area contributed by atoms with Crippen molar-refractivity contribution >= 4 is 0 Å². The van der Waals surface area contributed by atoms with Gasteiger partial charge in [-0.3, -0.25) is 0 Å². The SMILES string of the molecule is CC(C)=CCC/C(C)=C/C=C/C(C)=C/C=C/C(C)=C/C=C/C=C(C)/C=C/C=C(C)/C=C/C1=C(C)CC(O)CC1(C)C. The highest BCUT2D eigenvalue weighted by Crippen LogP contribution is 2.41. The fourth-order valence-corrected chi connectivity index (χ4v) is 4.77. The molecule has 0 heterocycles. The lowest BCUT2D eigenvalue weighted by Gasteiger charge is -2.35. The molecule has 0 amide bonds. The van der Waals surface area contributed by atoms with Gasteiger partial charge in [-0.05, 0) is 92.1 Å². The number of aliphatic hydroxyl groups excluding tert-OH is 1. The normalized spacial score (nSPS) is 20.2. The first kappa shape index (κ1) is 35.9. The highest BCUT2D eigenvalue weighted by molar-refractivity contribution is 5.38. The molecular formula is C40H56O. The molecule has 0 spiro atoms. The minimum absolute atomic E-state index is 0.0115. The first-order chi connectivity index (χ1) is 19.3. The molecule has 1 N–H and O–H groups in total. The average molecular weight is 553 g/mol. The van der Waals surface area contributed by atoms with Crippen LogP contribution in [0.3, 0.4) is 0 Å². The topological polar surface area (TPSA) is 20.2 Å². The Hall–Kier alpha value is -3.16. The van der Waals surface area contributed by atoms with E-state index in [-0.39, 0.29) is 11.5 Å². The number of allylic oxidation sites excluding steroid dienone is 23. The Bertz CT molecular complexity index is 1220. The van der Waals surface area contributed by atoms with Crippen molar-refractivity contribution in [1.29, 1.82) is 0 Å². The highest BCUT2D eigenvalue weighted by Gasteiger charge is 2.31. The Morgan fingerprint density at radius 3 is 1.66 bits per heavy atom. The van der Waals surface area contributed by atoms with Crippen molar-refractivity contribution in [1.82, 2.24) is 0 Å². The zero-order valence-electron chi connectivity index (χ0n) is 27.6. The van der Waals surface area contributed by atoms with Crippen LogP contribution in [0.4, 0.5) is 0 Å². The predicted molar refractivity (Wildman–Crippen MR) is 185 cm³/mol. The zero-order chi connectivity index (χ0) is 30.8. The third-order valence-electron chi connectivity index (χ3n) is 7.09. The van der Waals surface area contributed by atoms with Crippen molar-refractivity contribution in [3.05, 3.63) is 142 Å². The summed E-state index contributed by atoms with van der Waals surface area (Å²) in [5, 5.41) is 10.1. The fraction of sp³-hybridized carbons (Fsp3) is 0.400. The fourth-order valence-electron chi connectivity index (χ4n) is 4.77. The summed E-state index contributed by atoms with van der Waals surface area (Å²) in [5.41, 5.74) is 10.3. The summed E-state index contributed by atoms with van der Waals surface area (Å²) >= 11 is 0. The monoisotopic (exact) mass is 552 g/mol. The molecule has 1 unspecified atom stereocenters. The Kier molecular flexibility index (Phi) is 16.7. The van der Waals surface area contributed by atoms with E-state index in [9.17, 15) is 5.11 Å². The van der Waals surface area contributed by atoms with Gasteiger partial charge in [-0.15, -0.1) is 0 Å². The lowest BCUT2D eigenvalue weighted by atomic mass is 9.71. The standard InChI is InChI=1S/C40H56O/c1-31(2)17-13-20-34(5)23-15-25-35(6)24-14-21-32(3)18-11-12-19-33(4)22-16-26-36(7)27-28-39-37(8)29-38(41)30-40(39,9)10/h11-12,14-19,21-28,38,41H,13,20,29-30H2,1-10H3/b12-11+,21-14+,22-16+,25-15+,28-27+,32-18+,33-19+,34-23+,35-24+,36-26+. The van der Waals surface area contributed by atoms with Crippen LogP contribution in [0.2, 0.25) is 0 Å². The molecule has 1 nitrogen and oxygen atoms in total. The van der Waals surface area contributed by atoms with E-state index >= 15 is 0 Å². The molecule has 1 heteroatoms. The third-order valence-corrected chi connectivity index (χ3v) is 7.09. The van der Waals surface area contributed by atoms with Gasteiger partial charge in [0.25, 0.3) is 0 Å². The lowest BCUT2D eigenvalue weighted by Crippen LogP contribution is -2.28. The minimum Gasteiger partial charge on any atom is -0.393 e. The second-order valence-corrected chi connectivity index (χ2v) is 12.4. The molecule has 0 radical (unpaired) electrons. The second kappa shape index (κ2) is 19.1. The van der Waals surface area contributed by atoms with Gasteiger partial charge >= 0.3 is 0 Å². The molecule has 0 saturated carbocycles. The molecule has 0 bridgehead atoms. The molecule has 1 atom stereocenters.